The first-order valence-electron chi connectivity index (χ1n) is 13.9. The van der Waals surface area contributed by atoms with Gasteiger partial charge in [-0.15, -0.1) is 0 Å². The molecule has 1 unspecified atom stereocenters. The van der Waals surface area contributed by atoms with Crippen LogP contribution in [0, 0.1) is 5.92 Å². The smallest absolute Gasteiger partial charge is 0.250 e. The number of unbranched alkanes of at least 4 members (excludes halogenated alkanes) is 2. The minimum Gasteiger partial charge on any atom is -0.488 e. The van der Waals surface area contributed by atoms with Crippen LogP contribution in [-0.4, -0.2) is 54.2 Å². The highest BCUT2D eigenvalue weighted by molar-refractivity contribution is 5.94. The van der Waals surface area contributed by atoms with E-state index in [4.69, 9.17) is 9.94 Å². The highest BCUT2D eigenvalue weighted by atomic mass is 16.5. The number of nitrogens with one attached hydrogen (secondary N) is 2. The van der Waals surface area contributed by atoms with Crippen molar-refractivity contribution in [3.8, 4) is 5.75 Å². The van der Waals surface area contributed by atoms with Crippen LogP contribution in [0.15, 0.2) is 54.1 Å². The molecule has 200 valence electrons. The van der Waals surface area contributed by atoms with Gasteiger partial charge in [-0.3, -0.25) is 14.8 Å². The number of benzene rings is 2. The second-order valence-corrected chi connectivity index (χ2v) is 10.5. The predicted molar refractivity (Wildman–Crippen MR) is 145 cm³/mol. The Morgan fingerprint density at radius 3 is 2.68 bits per heavy atom. The SMILES string of the molecule is O=C(CCCCC=C(COc1cccc2ccccc12)C(=O)NC1CCN(CC2CCCCC2)C1)NO. The summed E-state index contributed by atoms with van der Waals surface area (Å²) in [7, 11) is 0. The number of likely N-dealkylation sites (tertiary alicyclic amines) is 1. The fourth-order valence-corrected chi connectivity index (χ4v) is 5.59. The first kappa shape index (κ1) is 27.1. The standard InChI is InChI=1S/C30H41N3O4/c34-29(32-36)17-6-2-5-13-25(22-37-28-16-9-14-24-12-7-8-15-27(24)28)30(35)31-26-18-19-33(21-26)20-23-10-3-1-4-11-23/h7-9,12-16,23,26,36H,1-6,10-11,17-22H2,(H,31,35)(H,32,34). The Balaban J connectivity index is 1.34. The van der Waals surface area contributed by atoms with E-state index in [2.05, 4.69) is 10.2 Å². The van der Waals surface area contributed by atoms with E-state index < -0.39 is 0 Å². The molecule has 37 heavy (non-hydrogen) atoms. The number of amides is 2. The average molecular weight is 508 g/mol. The van der Waals surface area contributed by atoms with Crippen molar-refractivity contribution in [1.29, 1.82) is 0 Å². The molecular formula is C30H41N3O4. The van der Waals surface area contributed by atoms with E-state index in [1.165, 1.54) is 32.1 Å². The molecule has 4 rings (SSSR count). The van der Waals surface area contributed by atoms with E-state index in [9.17, 15) is 9.59 Å². The lowest BCUT2D eigenvalue weighted by Crippen LogP contribution is -2.39. The molecule has 2 amide bonds. The molecule has 1 heterocycles. The van der Waals surface area contributed by atoms with Gasteiger partial charge in [-0.2, -0.15) is 0 Å². The summed E-state index contributed by atoms with van der Waals surface area (Å²) in [4.78, 5) is 27.1. The average Bonchev–Trinajstić information content (AvgIpc) is 3.36. The van der Waals surface area contributed by atoms with Gasteiger partial charge >= 0.3 is 0 Å². The third-order valence-electron chi connectivity index (χ3n) is 7.65. The molecule has 7 heteroatoms. The highest BCUT2D eigenvalue weighted by Gasteiger charge is 2.27. The van der Waals surface area contributed by atoms with Crippen molar-refractivity contribution in [2.45, 2.75) is 70.3 Å². The summed E-state index contributed by atoms with van der Waals surface area (Å²) in [6.45, 7) is 3.30. The zero-order valence-electron chi connectivity index (χ0n) is 21.8. The molecular weight excluding hydrogens is 466 g/mol. The number of rotatable bonds is 12. The summed E-state index contributed by atoms with van der Waals surface area (Å²) in [5, 5.41) is 14.0. The van der Waals surface area contributed by atoms with Crippen molar-refractivity contribution < 1.29 is 19.5 Å². The van der Waals surface area contributed by atoms with Gasteiger partial charge in [0.05, 0.1) is 5.57 Å². The zero-order valence-corrected chi connectivity index (χ0v) is 21.8. The third-order valence-corrected chi connectivity index (χ3v) is 7.65. The Kier molecular flexibility index (Phi) is 10.4. The van der Waals surface area contributed by atoms with Gasteiger partial charge in [-0.05, 0) is 55.9 Å². The summed E-state index contributed by atoms with van der Waals surface area (Å²) in [6.07, 6.45) is 12.0. The number of hydrogen-bond acceptors (Lipinski definition) is 5. The van der Waals surface area contributed by atoms with Crippen LogP contribution in [0.25, 0.3) is 10.8 Å². The van der Waals surface area contributed by atoms with E-state index in [1.54, 1.807) is 5.48 Å². The molecule has 2 aliphatic rings. The molecule has 1 aliphatic carbocycles. The molecule has 2 aromatic carbocycles. The Hall–Kier alpha value is -2.90. The second kappa shape index (κ2) is 14.1. The van der Waals surface area contributed by atoms with E-state index in [0.29, 0.717) is 18.4 Å². The molecule has 0 bridgehead atoms. The van der Waals surface area contributed by atoms with Gasteiger partial charge in [0.15, 0.2) is 0 Å². The van der Waals surface area contributed by atoms with Crippen molar-refractivity contribution >= 4 is 22.6 Å². The van der Waals surface area contributed by atoms with Gasteiger partial charge in [0, 0.05) is 37.5 Å². The molecule has 0 spiro atoms. The monoisotopic (exact) mass is 507 g/mol. The van der Waals surface area contributed by atoms with Crippen LogP contribution < -0.4 is 15.5 Å². The van der Waals surface area contributed by atoms with Crippen LogP contribution in [0.3, 0.4) is 0 Å². The van der Waals surface area contributed by atoms with Crippen LogP contribution >= 0.6 is 0 Å². The second-order valence-electron chi connectivity index (χ2n) is 10.5. The van der Waals surface area contributed by atoms with Gasteiger partial charge in [-0.25, -0.2) is 5.48 Å². The maximum atomic E-state index is 13.3. The molecule has 0 radical (unpaired) electrons. The van der Waals surface area contributed by atoms with Crippen molar-refractivity contribution in [2.24, 2.45) is 5.92 Å². The molecule has 1 saturated carbocycles. The van der Waals surface area contributed by atoms with Crippen molar-refractivity contribution in [3.63, 3.8) is 0 Å². The van der Waals surface area contributed by atoms with Crippen LogP contribution in [0.5, 0.6) is 5.75 Å². The minimum absolute atomic E-state index is 0.0714. The first-order valence-corrected chi connectivity index (χ1v) is 13.9. The number of fused-ring (bicyclic) bond motifs is 1. The van der Waals surface area contributed by atoms with Gasteiger partial charge in [0.1, 0.15) is 12.4 Å². The Bertz CT molecular complexity index is 1060. The molecule has 1 saturated heterocycles. The minimum atomic E-state index is -0.389. The molecule has 1 atom stereocenters. The van der Waals surface area contributed by atoms with Crippen LogP contribution in [-0.2, 0) is 9.59 Å². The molecule has 7 nitrogen and oxygen atoms in total. The normalized spacial score (nSPS) is 19.2. The van der Waals surface area contributed by atoms with Crippen molar-refractivity contribution in [2.75, 3.05) is 26.2 Å². The van der Waals surface area contributed by atoms with Gasteiger partial charge in [0.2, 0.25) is 5.91 Å². The third kappa shape index (κ3) is 8.30. The number of allylic oxidation sites excluding steroid dienone is 1. The fourth-order valence-electron chi connectivity index (χ4n) is 5.59. The Labute approximate surface area is 220 Å². The number of ether oxygens (including phenoxy) is 1. The summed E-state index contributed by atoms with van der Waals surface area (Å²) in [5.41, 5.74) is 2.28. The van der Waals surface area contributed by atoms with Gasteiger partial charge < -0.3 is 15.0 Å². The number of carbonyl (C=O) groups is 2. The summed E-state index contributed by atoms with van der Waals surface area (Å²) >= 11 is 0. The van der Waals surface area contributed by atoms with Gasteiger partial charge in [-0.1, -0.05) is 61.7 Å². The number of carbonyl (C=O) groups excluding carboxylic acids is 2. The number of hydrogen-bond donors (Lipinski definition) is 3. The van der Waals surface area contributed by atoms with Crippen LogP contribution in [0.2, 0.25) is 0 Å². The molecule has 2 fully saturated rings. The lowest BCUT2D eigenvalue weighted by Gasteiger charge is -2.26. The number of nitrogens with zero attached hydrogens (tertiary/aromatic N) is 1. The van der Waals surface area contributed by atoms with E-state index in [0.717, 1.165) is 54.9 Å². The molecule has 1 aliphatic heterocycles. The topological polar surface area (TPSA) is 90.9 Å². The van der Waals surface area contributed by atoms with Crippen LogP contribution in [0.1, 0.15) is 64.2 Å². The summed E-state index contributed by atoms with van der Waals surface area (Å²) in [6, 6.07) is 14.2. The lowest BCUT2D eigenvalue weighted by molar-refractivity contribution is -0.129. The highest BCUT2D eigenvalue weighted by Crippen LogP contribution is 2.27. The largest absolute Gasteiger partial charge is 0.488 e. The Morgan fingerprint density at radius 1 is 1.03 bits per heavy atom. The summed E-state index contributed by atoms with van der Waals surface area (Å²) in [5.74, 6) is 1.11. The molecule has 3 N–H and O–H groups in total. The van der Waals surface area contributed by atoms with Crippen molar-refractivity contribution in [1.82, 2.24) is 15.7 Å². The van der Waals surface area contributed by atoms with E-state index in [1.807, 2.05) is 48.5 Å². The van der Waals surface area contributed by atoms with Gasteiger partial charge in [0.25, 0.3) is 5.91 Å². The number of hydroxylamine groups is 1. The zero-order chi connectivity index (χ0) is 25.9. The predicted octanol–water partition coefficient (Wildman–Crippen LogP) is 4.98. The fraction of sp³-hybridized carbons (Fsp3) is 0.533. The summed E-state index contributed by atoms with van der Waals surface area (Å²) < 4.78 is 6.16. The quantitative estimate of drug-likeness (QED) is 0.163. The maximum absolute atomic E-state index is 13.3. The van der Waals surface area contributed by atoms with E-state index >= 15 is 0 Å². The van der Waals surface area contributed by atoms with Crippen molar-refractivity contribution in [3.05, 3.63) is 54.1 Å². The first-order chi connectivity index (χ1) is 18.1. The maximum Gasteiger partial charge on any atom is 0.250 e. The van der Waals surface area contributed by atoms with E-state index in [-0.39, 0.29) is 30.9 Å². The Morgan fingerprint density at radius 2 is 1.84 bits per heavy atom. The molecule has 0 aromatic heterocycles. The lowest BCUT2D eigenvalue weighted by atomic mass is 9.89. The van der Waals surface area contributed by atoms with Crippen LogP contribution in [0.4, 0.5) is 0 Å². The molecule has 2 aromatic rings.